The second kappa shape index (κ2) is 7.02. The van der Waals surface area contributed by atoms with Crippen molar-refractivity contribution >= 4 is 11.3 Å². The van der Waals surface area contributed by atoms with Crippen molar-refractivity contribution in [3.05, 3.63) is 15.6 Å². The molecule has 0 aromatic carbocycles. The molecule has 0 aliphatic rings. The summed E-state index contributed by atoms with van der Waals surface area (Å²) in [5.74, 6) is 0. The first kappa shape index (κ1) is 13.7. The molecule has 2 nitrogen and oxygen atoms in total. The number of nitrogens with zero attached hydrogens (tertiary/aromatic N) is 1. The highest BCUT2D eigenvalue weighted by molar-refractivity contribution is 7.11. The Hall–Kier alpha value is -0.410. The zero-order chi connectivity index (χ0) is 12.0. The molecule has 0 aliphatic heterocycles. The summed E-state index contributed by atoms with van der Waals surface area (Å²) in [7, 11) is 0. The Morgan fingerprint density at radius 1 is 1.31 bits per heavy atom. The monoisotopic (exact) mass is 240 g/mol. The molecular formula is C13H24N2S. The van der Waals surface area contributed by atoms with Crippen LogP contribution in [0.4, 0.5) is 0 Å². The van der Waals surface area contributed by atoms with E-state index in [0.29, 0.717) is 6.04 Å². The van der Waals surface area contributed by atoms with Crippen molar-refractivity contribution in [1.29, 1.82) is 0 Å². The molecular weight excluding hydrogens is 216 g/mol. The summed E-state index contributed by atoms with van der Waals surface area (Å²) in [6.45, 7) is 9.74. The van der Waals surface area contributed by atoms with E-state index in [1.807, 2.05) is 11.3 Å². The molecule has 0 amide bonds. The lowest BCUT2D eigenvalue weighted by atomic mass is 10.1. The van der Waals surface area contributed by atoms with Crippen LogP contribution in [0.3, 0.4) is 0 Å². The Kier molecular flexibility index (Phi) is 5.99. The van der Waals surface area contributed by atoms with Gasteiger partial charge >= 0.3 is 0 Å². The van der Waals surface area contributed by atoms with Gasteiger partial charge < -0.3 is 5.32 Å². The van der Waals surface area contributed by atoms with Crippen LogP contribution in [-0.2, 0) is 6.42 Å². The van der Waals surface area contributed by atoms with Gasteiger partial charge in [0.05, 0.1) is 10.7 Å². The third kappa shape index (κ3) is 4.22. The first-order chi connectivity index (χ1) is 7.67. The number of unbranched alkanes of at least 4 members (excludes halogenated alkanes) is 1. The van der Waals surface area contributed by atoms with Gasteiger partial charge in [-0.1, -0.05) is 26.7 Å². The molecule has 3 heteroatoms. The molecule has 1 heterocycles. The Bertz CT molecular complexity index is 287. The van der Waals surface area contributed by atoms with Crippen LogP contribution in [0.1, 0.15) is 48.7 Å². The molecule has 0 saturated heterocycles. The minimum absolute atomic E-state index is 0.606. The Balaban J connectivity index is 2.52. The van der Waals surface area contributed by atoms with Gasteiger partial charge in [-0.25, -0.2) is 4.98 Å². The highest BCUT2D eigenvalue weighted by Gasteiger charge is 2.11. The van der Waals surface area contributed by atoms with E-state index >= 15 is 0 Å². The average molecular weight is 240 g/mol. The zero-order valence-corrected chi connectivity index (χ0v) is 11.8. The van der Waals surface area contributed by atoms with Crippen LogP contribution in [-0.4, -0.2) is 17.6 Å². The minimum atomic E-state index is 0.606. The van der Waals surface area contributed by atoms with Crippen LogP contribution in [0.15, 0.2) is 0 Å². The molecule has 1 rings (SSSR count). The smallest absolute Gasteiger partial charge is 0.0946 e. The summed E-state index contributed by atoms with van der Waals surface area (Å²) in [6.07, 6.45) is 4.94. The average Bonchev–Trinajstić information content (AvgIpc) is 2.55. The normalized spacial score (nSPS) is 13.0. The number of rotatable bonds is 7. The number of thiazole rings is 1. The van der Waals surface area contributed by atoms with E-state index < -0.39 is 0 Å². The van der Waals surface area contributed by atoms with E-state index in [-0.39, 0.29) is 0 Å². The number of hydrogen-bond acceptors (Lipinski definition) is 3. The van der Waals surface area contributed by atoms with Gasteiger partial charge in [0.15, 0.2) is 0 Å². The molecule has 0 bridgehead atoms. The maximum absolute atomic E-state index is 4.62. The predicted octanol–water partition coefficient (Wildman–Crippen LogP) is 3.47. The van der Waals surface area contributed by atoms with Crippen LogP contribution in [0.25, 0.3) is 0 Å². The van der Waals surface area contributed by atoms with Gasteiger partial charge in [0.1, 0.15) is 0 Å². The second-order valence-corrected chi connectivity index (χ2v) is 5.64. The van der Waals surface area contributed by atoms with Gasteiger partial charge in [0.25, 0.3) is 0 Å². The molecule has 1 aromatic heterocycles. The number of hydrogen-bond donors (Lipinski definition) is 1. The molecule has 92 valence electrons. The molecule has 0 aliphatic carbocycles. The summed E-state index contributed by atoms with van der Waals surface area (Å²) < 4.78 is 0. The van der Waals surface area contributed by atoms with Crippen LogP contribution >= 0.6 is 11.3 Å². The van der Waals surface area contributed by atoms with Gasteiger partial charge in [-0.2, -0.15) is 0 Å². The first-order valence-corrected chi connectivity index (χ1v) is 7.15. The lowest BCUT2D eigenvalue weighted by molar-refractivity contribution is 0.473. The molecule has 1 N–H and O–H groups in total. The highest BCUT2D eigenvalue weighted by atomic mass is 32.1. The number of likely N-dealkylation sites (N-methyl/N-ethyl adjacent to an activating group) is 1. The van der Waals surface area contributed by atoms with Crippen LogP contribution < -0.4 is 5.32 Å². The standard InChI is InChI=1S/C13H24N2S/c1-5-7-8-12(14-6-2)9-13-15-10(3)11(4)16-13/h12,14H,5-9H2,1-4H3. The van der Waals surface area contributed by atoms with Crippen LogP contribution in [0.2, 0.25) is 0 Å². The van der Waals surface area contributed by atoms with Crippen LogP contribution in [0.5, 0.6) is 0 Å². The molecule has 0 radical (unpaired) electrons. The van der Waals surface area contributed by atoms with E-state index in [4.69, 9.17) is 0 Å². The Labute approximate surface area is 103 Å². The van der Waals surface area contributed by atoms with E-state index in [0.717, 1.165) is 13.0 Å². The van der Waals surface area contributed by atoms with E-state index in [9.17, 15) is 0 Å². The van der Waals surface area contributed by atoms with E-state index in [1.165, 1.54) is 34.8 Å². The minimum Gasteiger partial charge on any atom is -0.314 e. The second-order valence-electron chi connectivity index (χ2n) is 4.35. The number of aryl methyl sites for hydroxylation is 2. The summed E-state index contributed by atoms with van der Waals surface area (Å²) in [4.78, 5) is 5.98. The number of aromatic nitrogens is 1. The fourth-order valence-corrected chi connectivity index (χ4v) is 2.87. The molecule has 0 spiro atoms. The van der Waals surface area contributed by atoms with Crippen molar-refractivity contribution in [2.75, 3.05) is 6.54 Å². The van der Waals surface area contributed by atoms with Crippen molar-refractivity contribution in [2.45, 2.75) is 59.4 Å². The molecule has 0 fully saturated rings. The SMILES string of the molecule is CCCCC(Cc1nc(C)c(C)s1)NCC. The summed E-state index contributed by atoms with van der Waals surface area (Å²) >= 11 is 1.85. The van der Waals surface area contributed by atoms with Gasteiger partial charge in [0, 0.05) is 17.3 Å². The van der Waals surface area contributed by atoms with E-state index in [2.05, 4.69) is 38.0 Å². The largest absolute Gasteiger partial charge is 0.314 e. The topological polar surface area (TPSA) is 24.9 Å². The van der Waals surface area contributed by atoms with Gasteiger partial charge in [-0.05, 0) is 26.8 Å². The first-order valence-electron chi connectivity index (χ1n) is 6.33. The van der Waals surface area contributed by atoms with Gasteiger partial charge in [0.2, 0.25) is 0 Å². The maximum Gasteiger partial charge on any atom is 0.0946 e. The summed E-state index contributed by atoms with van der Waals surface area (Å²) in [5.41, 5.74) is 1.20. The number of nitrogens with one attached hydrogen (secondary N) is 1. The van der Waals surface area contributed by atoms with Crippen molar-refractivity contribution in [3.63, 3.8) is 0 Å². The molecule has 16 heavy (non-hydrogen) atoms. The Morgan fingerprint density at radius 2 is 2.06 bits per heavy atom. The lowest BCUT2D eigenvalue weighted by Crippen LogP contribution is -2.30. The van der Waals surface area contributed by atoms with Crippen molar-refractivity contribution < 1.29 is 0 Å². The van der Waals surface area contributed by atoms with Crippen molar-refractivity contribution in [2.24, 2.45) is 0 Å². The van der Waals surface area contributed by atoms with Gasteiger partial charge in [-0.3, -0.25) is 0 Å². The fourth-order valence-electron chi connectivity index (χ4n) is 1.85. The van der Waals surface area contributed by atoms with E-state index in [1.54, 1.807) is 0 Å². The molecule has 0 saturated carbocycles. The third-order valence-electron chi connectivity index (χ3n) is 2.89. The predicted molar refractivity (Wildman–Crippen MR) is 72.3 cm³/mol. The summed E-state index contributed by atoms with van der Waals surface area (Å²) in [5, 5.41) is 4.85. The zero-order valence-electron chi connectivity index (χ0n) is 11.0. The van der Waals surface area contributed by atoms with Gasteiger partial charge in [-0.15, -0.1) is 11.3 Å². The Morgan fingerprint density at radius 3 is 2.56 bits per heavy atom. The highest BCUT2D eigenvalue weighted by Crippen LogP contribution is 2.19. The molecule has 1 aromatic rings. The third-order valence-corrected chi connectivity index (χ3v) is 3.99. The fraction of sp³-hybridized carbons (Fsp3) is 0.769. The molecule has 1 atom stereocenters. The lowest BCUT2D eigenvalue weighted by Gasteiger charge is -2.15. The summed E-state index contributed by atoms with van der Waals surface area (Å²) in [6, 6.07) is 0.606. The van der Waals surface area contributed by atoms with Crippen LogP contribution in [0, 0.1) is 13.8 Å². The van der Waals surface area contributed by atoms with Crippen molar-refractivity contribution in [3.8, 4) is 0 Å². The maximum atomic E-state index is 4.62. The molecule has 1 unspecified atom stereocenters. The quantitative estimate of drug-likeness (QED) is 0.789. The van der Waals surface area contributed by atoms with Crippen molar-refractivity contribution in [1.82, 2.24) is 10.3 Å².